The first-order chi connectivity index (χ1) is 27.8. The molecule has 0 amide bonds. The number of anilines is 3. The van der Waals surface area contributed by atoms with Crippen molar-refractivity contribution in [3.8, 4) is 27.9 Å². The van der Waals surface area contributed by atoms with Crippen LogP contribution in [-0.2, 0) is 0 Å². The van der Waals surface area contributed by atoms with E-state index in [-0.39, 0.29) is 0 Å². The summed E-state index contributed by atoms with van der Waals surface area (Å²) < 4.78 is 2.40. The van der Waals surface area contributed by atoms with Gasteiger partial charge in [0.15, 0.2) is 0 Å². The van der Waals surface area contributed by atoms with Crippen LogP contribution in [0.15, 0.2) is 218 Å². The average Bonchev–Trinajstić information content (AvgIpc) is 3.62. The van der Waals surface area contributed by atoms with Gasteiger partial charge in [-0.05, 0) is 104 Å². The van der Waals surface area contributed by atoms with Crippen LogP contribution in [0.25, 0.3) is 82.1 Å². The summed E-state index contributed by atoms with van der Waals surface area (Å²) in [5, 5.41) is 10.1. The molecule has 0 aliphatic heterocycles. The lowest BCUT2D eigenvalue weighted by Crippen LogP contribution is -2.11. The molecule has 0 saturated heterocycles. The number of hydrogen-bond acceptors (Lipinski definition) is 1. The normalized spacial score (nSPS) is 11.6. The van der Waals surface area contributed by atoms with Gasteiger partial charge in [0.05, 0.1) is 16.7 Å². The second-order valence-corrected chi connectivity index (χ2v) is 14.5. The monoisotopic (exact) mass is 712 g/mol. The van der Waals surface area contributed by atoms with E-state index in [1.807, 2.05) is 0 Å². The number of aromatic nitrogens is 1. The van der Waals surface area contributed by atoms with Gasteiger partial charge in [0.2, 0.25) is 0 Å². The van der Waals surface area contributed by atoms with E-state index in [1.165, 1.54) is 76.4 Å². The molecule has 11 rings (SSSR count). The fraction of sp³-hybridized carbons (Fsp3) is 0. The maximum atomic E-state index is 2.41. The van der Waals surface area contributed by atoms with Gasteiger partial charge in [-0.1, -0.05) is 164 Å². The zero-order valence-electron chi connectivity index (χ0n) is 30.7. The molecule has 262 valence electrons. The van der Waals surface area contributed by atoms with Crippen LogP contribution in [0.4, 0.5) is 17.1 Å². The highest BCUT2D eigenvalue weighted by atomic mass is 15.1. The first-order valence-corrected chi connectivity index (χ1v) is 19.3. The SMILES string of the molecule is c1ccc(-c2ccccc2N(c2ccc(-c3ccc(-n4c5ccccc5c5c6ccccc6ccc54)cc3)cc2)c2ccc3ccc4ccccc4c3c2)cc1. The minimum atomic E-state index is 1.10. The van der Waals surface area contributed by atoms with Crippen molar-refractivity contribution in [2.45, 2.75) is 0 Å². The van der Waals surface area contributed by atoms with Crippen LogP contribution in [-0.4, -0.2) is 4.57 Å². The van der Waals surface area contributed by atoms with Gasteiger partial charge in [-0.3, -0.25) is 0 Å². The van der Waals surface area contributed by atoms with Gasteiger partial charge < -0.3 is 9.47 Å². The van der Waals surface area contributed by atoms with Crippen molar-refractivity contribution in [3.05, 3.63) is 218 Å². The van der Waals surface area contributed by atoms with Crippen molar-refractivity contribution in [1.29, 1.82) is 0 Å². The molecule has 0 saturated carbocycles. The highest BCUT2D eigenvalue weighted by Crippen LogP contribution is 2.43. The van der Waals surface area contributed by atoms with E-state index in [0.717, 1.165) is 22.7 Å². The summed E-state index contributed by atoms with van der Waals surface area (Å²) in [7, 11) is 0. The van der Waals surface area contributed by atoms with Crippen LogP contribution in [0.3, 0.4) is 0 Å². The molecule has 0 spiro atoms. The Hall–Kier alpha value is -7.42. The molecular weight excluding hydrogens is 677 g/mol. The number of hydrogen-bond donors (Lipinski definition) is 0. The molecule has 11 aromatic rings. The Kier molecular flexibility index (Phi) is 7.53. The van der Waals surface area contributed by atoms with Crippen LogP contribution < -0.4 is 4.90 Å². The highest BCUT2D eigenvalue weighted by Gasteiger charge is 2.19. The van der Waals surface area contributed by atoms with E-state index < -0.39 is 0 Å². The maximum Gasteiger partial charge on any atom is 0.0547 e. The predicted octanol–water partition coefficient (Wildman–Crippen LogP) is 15.0. The van der Waals surface area contributed by atoms with E-state index >= 15 is 0 Å². The fourth-order valence-corrected chi connectivity index (χ4v) is 8.71. The van der Waals surface area contributed by atoms with Gasteiger partial charge in [-0.25, -0.2) is 0 Å². The Morgan fingerprint density at radius 1 is 0.321 bits per heavy atom. The maximum absolute atomic E-state index is 2.41. The zero-order chi connectivity index (χ0) is 37.0. The third kappa shape index (κ3) is 5.26. The smallest absolute Gasteiger partial charge is 0.0547 e. The molecule has 10 aromatic carbocycles. The molecule has 0 aliphatic carbocycles. The van der Waals surface area contributed by atoms with Crippen LogP contribution in [0.5, 0.6) is 0 Å². The second-order valence-electron chi connectivity index (χ2n) is 14.5. The third-order valence-corrected chi connectivity index (χ3v) is 11.4. The van der Waals surface area contributed by atoms with Crippen molar-refractivity contribution in [2.75, 3.05) is 4.90 Å². The number of rotatable bonds is 6. The second kappa shape index (κ2) is 13.2. The third-order valence-electron chi connectivity index (χ3n) is 11.4. The summed E-state index contributed by atoms with van der Waals surface area (Å²) >= 11 is 0. The van der Waals surface area contributed by atoms with Crippen molar-refractivity contribution in [1.82, 2.24) is 4.57 Å². The molecule has 1 heterocycles. The number of fused-ring (bicyclic) bond motifs is 8. The molecule has 2 heteroatoms. The molecule has 1 aromatic heterocycles. The van der Waals surface area contributed by atoms with E-state index in [4.69, 9.17) is 0 Å². The summed E-state index contributed by atoms with van der Waals surface area (Å²) in [6, 6.07) is 79.4. The molecule has 0 bridgehead atoms. The number of para-hydroxylation sites is 2. The molecule has 0 unspecified atom stereocenters. The van der Waals surface area contributed by atoms with E-state index in [9.17, 15) is 0 Å². The highest BCUT2D eigenvalue weighted by molar-refractivity contribution is 6.21. The summed E-state index contributed by atoms with van der Waals surface area (Å²) in [5.41, 5.74) is 11.7. The molecule has 0 fully saturated rings. The zero-order valence-corrected chi connectivity index (χ0v) is 30.7. The van der Waals surface area contributed by atoms with Gasteiger partial charge in [-0.15, -0.1) is 0 Å². The van der Waals surface area contributed by atoms with Crippen LogP contribution >= 0.6 is 0 Å². The van der Waals surface area contributed by atoms with Gasteiger partial charge in [0, 0.05) is 33.4 Å². The molecule has 56 heavy (non-hydrogen) atoms. The van der Waals surface area contributed by atoms with Crippen LogP contribution in [0.2, 0.25) is 0 Å². The molecule has 0 radical (unpaired) electrons. The molecule has 0 atom stereocenters. The fourth-order valence-electron chi connectivity index (χ4n) is 8.71. The largest absolute Gasteiger partial charge is 0.310 e. The summed E-state index contributed by atoms with van der Waals surface area (Å²) in [6.45, 7) is 0. The van der Waals surface area contributed by atoms with Gasteiger partial charge >= 0.3 is 0 Å². The van der Waals surface area contributed by atoms with Crippen molar-refractivity contribution in [3.63, 3.8) is 0 Å². The minimum Gasteiger partial charge on any atom is -0.310 e. The van der Waals surface area contributed by atoms with Crippen molar-refractivity contribution in [2.24, 2.45) is 0 Å². The topological polar surface area (TPSA) is 8.17 Å². The van der Waals surface area contributed by atoms with Crippen molar-refractivity contribution >= 4 is 71.2 Å². The quantitative estimate of drug-likeness (QED) is 0.156. The molecular formula is C54H36N2. The lowest BCUT2D eigenvalue weighted by Gasteiger charge is -2.28. The Balaban J connectivity index is 1.01. The van der Waals surface area contributed by atoms with Crippen LogP contribution in [0.1, 0.15) is 0 Å². The lowest BCUT2D eigenvalue weighted by molar-refractivity contribution is 1.18. The summed E-state index contributed by atoms with van der Waals surface area (Å²) in [5.74, 6) is 0. The number of nitrogens with zero attached hydrogens (tertiary/aromatic N) is 2. The first kappa shape index (κ1) is 32.0. The Labute approximate surface area is 325 Å². The summed E-state index contributed by atoms with van der Waals surface area (Å²) in [4.78, 5) is 2.41. The van der Waals surface area contributed by atoms with Crippen LogP contribution in [0, 0.1) is 0 Å². The van der Waals surface area contributed by atoms with E-state index in [0.29, 0.717) is 0 Å². The Bertz CT molecular complexity index is 3230. The van der Waals surface area contributed by atoms with Gasteiger partial charge in [0.1, 0.15) is 0 Å². The Morgan fingerprint density at radius 2 is 0.875 bits per heavy atom. The minimum absolute atomic E-state index is 1.10. The summed E-state index contributed by atoms with van der Waals surface area (Å²) in [6.07, 6.45) is 0. The van der Waals surface area contributed by atoms with E-state index in [2.05, 4.69) is 228 Å². The van der Waals surface area contributed by atoms with Gasteiger partial charge in [-0.2, -0.15) is 0 Å². The lowest BCUT2D eigenvalue weighted by atomic mass is 9.99. The van der Waals surface area contributed by atoms with E-state index in [1.54, 1.807) is 0 Å². The molecule has 0 N–H and O–H groups in total. The van der Waals surface area contributed by atoms with Gasteiger partial charge in [0.25, 0.3) is 0 Å². The Morgan fingerprint density at radius 3 is 1.66 bits per heavy atom. The van der Waals surface area contributed by atoms with Crippen molar-refractivity contribution < 1.29 is 0 Å². The first-order valence-electron chi connectivity index (χ1n) is 19.3. The standard InChI is InChI=1S/C54H36N2/c1-2-12-39(13-3-1)47-17-8-10-20-51(47)55(45-34-28-42-23-22-40-14-4-6-16-46(40)50(42)36-45)43-30-24-37(25-31-43)38-26-32-44(33-27-38)56-52-21-11-9-19-49(52)54-48-18-7-5-15-41(48)29-35-53(54)56/h1-36H. The predicted molar refractivity (Wildman–Crippen MR) is 239 cm³/mol. The molecule has 0 aliphatic rings. The average molecular weight is 713 g/mol. The molecule has 2 nitrogen and oxygen atoms in total. The number of benzene rings is 10.